The van der Waals surface area contributed by atoms with E-state index in [1.807, 2.05) is 37.3 Å². The molecular formula is C21H27N3O3S. The van der Waals surface area contributed by atoms with Gasteiger partial charge in [-0.15, -0.1) is 0 Å². The monoisotopic (exact) mass is 401 g/mol. The van der Waals surface area contributed by atoms with Crippen molar-refractivity contribution in [1.82, 2.24) is 9.21 Å². The summed E-state index contributed by atoms with van der Waals surface area (Å²) >= 11 is 0. The van der Waals surface area contributed by atoms with E-state index in [0.717, 1.165) is 37.1 Å². The number of nitrogens with one attached hydrogen (secondary N) is 1. The highest BCUT2D eigenvalue weighted by molar-refractivity contribution is 7.89. The van der Waals surface area contributed by atoms with Gasteiger partial charge in [-0.2, -0.15) is 0 Å². The minimum absolute atomic E-state index is 0.143. The molecule has 3 rings (SSSR count). The number of nitrogens with zero attached hydrogens (tertiary/aromatic N) is 2. The van der Waals surface area contributed by atoms with E-state index >= 15 is 0 Å². The van der Waals surface area contributed by atoms with Crippen LogP contribution in [0.3, 0.4) is 0 Å². The number of carbonyl (C=O) groups excluding carboxylic acids is 1. The van der Waals surface area contributed by atoms with E-state index in [0.29, 0.717) is 5.69 Å². The molecule has 1 fully saturated rings. The summed E-state index contributed by atoms with van der Waals surface area (Å²) in [5.74, 6) is -0.143. The van der Waals surface area contributed by atoms with Crippen LogP contribution in [0.15, 0.2) is 53.4 Å². The molecule has 0 bridgehead atoms. The number of anilines is 1. The summed E-state index contributed by atoms with van der Waals surface area (Å²) in [7, 11) is -0.584. The van der Waals surface area contributed by atoms with E-state index in [4.69, 9.17) is 0 Å². The van der Waals surface area contributed by atoms with Gasteiger partial charge in [-0.25, -0.2) is 12.7 Å². The van der Waals surface area contributed by atoms with Gasteiger partial charge in [-0.1, -0.05) is 36.4 Å². The molecule has 7 heteroatoms. The lowest BCUT2D eigenvalue weighted by Gasteiger charge is -2.27. The molecule has 0 aromatic heterocycles. The van der Waals surface area contributed by atoms with Crippen LogP contribution in [0.4, 0.5) is 5.69 Å². The van der Waals surface area contributed by atoms with E-state index in [-0.39, 0.29) is 10.8 Å². The molecule has 1 heterocycles. The maximum Gasteiger partial charge on any atom is 0.246 e. The molecule has 28 heavy (non-hydrogen) atoms. The number of aryl methyl sites for hydroxylation is 1. The predicted octanol–water partition coefficient (Wildman–Crippen LogP) is 3.02. The second-order valence-corrected chi connectivity index (χ2v) is 9.46. The molecule has 0 saturated carbocycles. The van der Waals surface area contributed by atoms with Gasteiger partial charge in [0.15, 0.2) is 0 Å². The van der Waals surface area contributed by atoms with E-state index in [1.54, 1.807) is 12.1 Å². The highest BCUT2D eigenvalue weighted by atomic mass is 32.2. The molecule has 2 aromatic carbocycles. The highest BCUT2D eigenvalue weighted by Gasteiger charge is 2.30. The van der Waals surface area contributed by atoms with E-state index in [9.17, 15) is 13.2 Å². The average molecular weight is 402 g/mol. The van der Waals surface area contributed by atoms with Gasteiger partial charge in [-0.3, -0.25) is 9.69 Å². The average Bonchev–Trinajstić information content (AvgIpc) is 3.18. The minimum Gasteiger partial charge on any atom is -0.324 e. The molecule has 1 amide bonds. The van der Waals surface area contributed by atoms with Crippen molar-refractivity contribution >= 4 is 21.6 Å². The van der Waals surface area contributed by atoms with E-state index in [2.05, 4.69) is 10.2 Å². The molecule has 150 valence electrons. The van der Waals surface area contributed by atoms with Gasteiger partial charge in [0.25, 0.3) is 0 Å². The summed E-state index contributed by atoms with van der Waals surface area (Å²) in [6.07, 6.45) is 2.15. The van der Waals surface area contributed by atoms with Crippen LogP contribution < -0.4 is 5.32 Å². The Morgan fingerprint density at radius 1 is 1.07 bits per heavy atom. The lowest BCUT2D eigenvalue weighted by molar-refractivity contribution is -0.121. The van der Waals surface area contributed by atoms with Crippen molar-refractivity contribution < 1.29 is 13.2 Å². The number of likely N-dealkylation sites (tertiary alicyclic amines) is 1. The summed E-state index contributed by atoms with van der Waals surface area (Å²) in [5, 5.41) is 2.97. The fourth-order valence-corrected chi connectivity index (χ4v) is 4.40. The molecule has 1 atom stereocenters. The normalized spacial score (nSPS) is 16.3. The van der Waals surface area contributed by atoms with Crippen LogP contribution in [0.2, 0.25) is 0 Å². The maximum atomic E-state index is 13.2. The summed E-state index contributed by atoms with van der Waals surface area (Å²) in [6, 6.07) is 14.1. The van der Waals surface area contributed by atoms with Crippen molar-refractivity contribution in [3.63, 3.8) is 0 Å². The molecule has 1 N–H and O–H groups in total. The molecule has 0 radical (unpaired) electrons. The van der Waals surface area contributed by atoms with Crippen LogP contribution in [-0.4, -0.2) is 50.7 Å². The van der Waals surface area contributed by atoms with E-state index < -0.39 is 16.1 Å². The fraction of sp³-hybridized carbons (Fsp3) is 0.381. The third-order valence-electron chi connectivity index (χ3n) is 5.11. The fourth-order valence-electron chi connectivity index (χ4n) is 3.47. The Morgan fingerprint density at radius 2 is 1.71 bits per heavy atom. The number of hydrogen-bond donors (Lipinski definition) is 1. The Bertz CT molecular complexity index is 937. The lowest BCUT2D eigenvalue weighted by atomic mass is 10.0. The highest BCUT2D eigenvalue weighted by Crippen LogP contribution is 2.28. The predicted molar refractivity (Wildman–Crippen MR) is 111 cm³/mol. The summed E-state index contributed by atoms with van der Waals surface area (Å²) in [6.45, 7) is 3.61. The second kappa shape index (κ2) is 8.43. The molecular weight excluding hydrogens is 374 g/mol. The first-order valence-corrected chi connectivity index (χ1v) is 10.9. The van der Waals surface area contributed by atoms with Crippen molar-refractivity contribution in [3.05, 3.63) is 59.7 Å². The van der Waals surface area contributed by atoms with Gasteiger partial charge < -0.3 is 5.32 Å². The second-order valence-electron chi connectivity index (χ2n) is 7.31. The summed E-state index contributed by atoms with van der Waals surface area (Å²) in [4.78, 5) is 15.6. The number of sulfonamides is 1. The number of hydrogen-bond acceptors (Lipinski definition) is 4. The van der Waals surface area contributed by atoms with Crippen molar-refractivity contribution in [2.75, 3.05) is 32.5 Å². The van der Waals surface area contributed by atoms with Crippen LogP contribution in [0.1, 0.15) is 30.0 Å². The van der Waals surface area contributed by atoms with Crippen LogP contribution in [0.25, 0.3) is 0 Å². The van der Waals surface area contributed by atoms with Crippen molar-refractivity contribution in [2.24, 2.45) is 0 Å². The van der Waals surface area contributed by atoms with Crippen LogP contribution >= 0.6 is 0 Å². The van der Waals surface area contributed by atoms with E-state index in [1.165, 1.54) is 24.5 Å². The Morgan fingerprint density at radius 3 is 2.32 bits per heavy atom. The van der Waals surface area contributed by atoms with Crippen molar-refractivity contribution in [1.29, 1.82) is 0 Å². The van der Waals surface area contributed by atoms with Crippen LogP contribution in [0.5, 0.6) is 0 Å². The molecule has 6 nitrogen and oxygen atoms in total. The molecule has 1 aliphatic rings. The van der Waals surface area contributed by atoms with Gasteiger partial charge in [0.1, 0.15) is 6.04 Å². The van der Waals surface area contributed by atoms with Gasteiger partial charge in [0.05, 0.1) is 4.90 Å². The summed E-state index contributed by atoms with van der Waals surface area (Å²) in [5.41, 5.74) is 2.28. The van der Waals surface area contributed by atoms with Gasteiger partial charge in [0, 0.05) is 19.8 Å². The van der Waals surface area contributed by atoms with Gasteiger partial charge in [0.2, 0.25) is 15.9 Å². The van der Waals surface area contributed by atoms with Crippen molar-refractivity contribution in [3.8, 4) is 0 Å². The van der Waals surface area contributed by atoms with Crippen LogP contribution in [-0.2, 0) is 14.8 Å². The maximum absolute atomic E-state index is 13.2. The molecule has 1 aliphatic heterocycles. The standard InChI is InChI=1S/C21H27N3O3S/c1-16-11-12-18(28(26,27)23(2)3)15-19(16)22-21(25)20(24-13-7-8-14-24)17-9-5-4-6-10-17/h4-6,9-12,15,20H,7-8,13-14H2,1-3H3,(H,22,25). The Hall–Kier alpha value is -2.22. The topological polar surface area (TPSA) is 69.7 Å². The third kappa shape index (κ3) is 4.27. The van der Waals surface area contributed by atoms with Gasteiger partial charge >= 0.3 is 0 Å². The third-order valence-corrected chi connectivity index (χ3v) is 6.93. The Kier molecular flexibility index (Phi) is 6.17. The molecule has 1 saturated heterocycles. The first-order valence-electron chi connectivity index (χ1n) is 9.44. The number of benzene rings is 2. The van der Waals surface area contributed by atoms with Gasteiger partial charge in [-0.05, 0) is 56.1 Å². The Labute approximate surface area is 167 Å². The number of amides is 1. The SMILES string of the molecule is Cc1ccc(S(=O)(=O)N(C)C)cc1NC(=O)C(c1ccccc1)N1CCCC1. The number of carbonyl (C=O) groups is 1. The minimum atomic E-state index is -3.57. The zero-order chi connectivity index (χ0) is 20.3. The zero-order valence-electron chi connectivity index (χ0n) is 16.6. The smallest absolute Gasteiger partial charge is 0.246 e. The molecule has 0 aliphatic carbocycles. The number of rotatable bonds is 6. The summed E-state index contributed by atoms with van der Waals surface area (Å²) < 4.78 is 26.1. The molecule has 0 spiro atoms. The van der Waals surface area contributed by atoms with Crippen LogP contribution in [0, 0.1) is 6.92 Å². The molecule has 2 aromatic rings. The Balaban J connectivity index is 1.92. The quantitative estimate of drug-likeness (QED) is 0.808. The van der Waals surface area contributed by atoms with Crippen molar-refractivity contribution in [2.45, 2.75) is 30.7 Å². The first-order chi connectivity index (χ1) is 13.3. The largest absolute Gasteiger partial charge is 0.324 e. The first kappa shape index (κ1) is 20.5. The molecule has 1 unspecified atom stereocenters. The lowest BCUT2D eigenvalue weighted by Crippen LogP contribution is -2.35. The zero-order valence-corrected chi connectivity index (χ0v) is 17.4.